The van der Waals surface area contributed by atoms with Gasteiger partial charge in [0.05, 0.1) is 12.8 Å². The van der Waals surface area contributed by atoms with Gasteiger partial charge in [-0.3, -0.25) is 9.59 Å². The average molecular weight is 397 g/mol. The van der Waals surface area contributed by atoms with E-state index in [4.69, 9.17) is 4.42 Å². The fourth-order valence-corrected chi connectivity index (χ4v) is 5.02. The van der Waals surface area contributed by atoms with Crippen LogP contribution in [-0.4, -0.2) is 50.8 Å². The molecule has 2 aromatic heterocycles. The van der Waals surface area contributed by atoms with Crippen molar-refractivity contribution in [3.63, 3.8) is 0 Å². The van der Waals surface area contributed by atoms with Crippen LogP contribution in [0.4, 0.5) is 0 Å². The van der Waals surface area contributed by atoms with Crippen LogP contribution in [0.3, 0.4) is 0 Å². The Morgan fingerprint density at radius 1 is 1.23 bits per heavy atom. The maximum absolute atomic E-state index is 12.2. The van der Waals surface area contributed by atoms with Crippen molar-refractivity contribution in [1.29, 1.82) is 0 Å². The highest BCUT2D eigenvalue weighted by atomic mass is 32.2. The normalized spacial score (nSPS) is 15.8. The first-order chi connectivity index (χ1) is 12.5. The van der Waals surface area contributed by atoms with Gasteiger partial charge in [0.15, 0.2) is 5.76 Å². The van der Waals surface area contributed by atoms with Gasteiger partial charge in [-0.2, -0.15) is 0 Å². The molecule has 3 rings (SSSR count). The molecule has 2 aromatic rings. The van der Waals surface area contributed by atoms with Gasteiger partial charge in [-0.15, -0.1) is 11.3 Å². The summed E-state index contributed by atoms with van der Waals surface area (Å²) in [4.78, 5) is 25.6. The summed E-state index contributed by atoms with van der Waals surface area (Å²) in [5.74, 6) is -0.495. The second-order valence-electron chi connectivity index (χ2n) is 5.87. The highest BCUT2D eigenvalue weighted by Crippen LogP contribution is 2.18. The highest BCUT2D eigenvalue weighted by molar-refractivity contribution is 7.91. The molecule has 1 saturated heterocycles. The zero-order valence-electron chi connectivity index (χ0n) is 13.9. The van der Waals surface area contributed by atoms with Crippen LogP contribution >= 0.6 is 11.3 Å². The van der Waals surface area contributed by atoms with E-state index in [1.807, 2.05) is 0 Å². The highest BCUT2D eigenvalue weighted by Gasteiger charge is 2.27. The number of likely N-dealkylation sites (tertiary alicyclic amines) is 1. The minimum Gasteiger partial charge on any atom is -0.459 e. The van der Waals surface area contributed by atoms with Crippen LogP contribution in [0.25, 0.3) is 0 Å². The van der Waals surface area contributed by atoms with Gasteiger partial charge in [-0.1, -0.05) is 6.07 Å². The van der Waals surface area contributed by atoms with E-state index in [2.05, 4.69) is 10.0 Å². The van der Waals surface area contributed by atoms with Gasteiger partial charge >= 0.3 is 0 Å². The van der Waals surface area contributed by atoms with Gasteiger partial charge in [0.2, 0.25) is 15.9 Å². The fraction of sp³-hybridized carbons (Fsp3) is 0.375. The van der Waals surface area contributed by atoms with E-state index in [0.717, 1.165) is 0 Å². The monoisotopic (exact) mass is 397 g/mol. The molecule has 0 radical (unpaired) electrons. The Labute approximate surface area is 155 Å². The number of hydrogen-bond donors (Lipinski definition) is 2. The van der Waals surface area contributed by atoms with Crippen molar-refractivity contribution in [3.8, 4) is 0 Å². The first kappa shape index (κ1) is 18.6. The molecule has 1 aliphatic heterocycles. The van der Waals surface area contributed by atoms with E-state index in [-0.39, 0.29) is 28.5 Å². The molecule has 3 heterocycles. The van der Waals surface area contributed by atoms with E-state index in [9.17, 15) is 18.0 Å². The lowest BCUT2D eigenvalue weighted by molar-refractivity contribution is -0.131. The Hall–Kier alpha value is -2.17. The second-order valence-corrected chi connectivity index (χ2v) is 8.76. The number of piperidine rings is 1. The standard InChI is InChI=1S/C16H19N3O5S2/c20-14(11-17-16(21)13-3-1-9-24-13)19-7-5-12(6-8-19)18-26(22,23)15-4-2-10-25-15/h1-4,9-10,12,18H,5-8,11H2,(H,17,21). The lowest BCUT2D eigenvalue weighted by atomic mass is 10.1. The van der Waals surface area contributed by atoms with E-state index >= 15 is 0 Å². The Morgan fingerprint density at radius 3 is 2.62 bits per heavy atom. The van der Waals surface area contributed by atoms with Crippen LogP contribution in [0.1, 0.15) is 23.4 Å². The summed E-state index contributed by atoms with van der Waals surface area (Å²) >= 11 is 1.17. The van der Waals surface area contributed by atoms with E-state index in [1.54, 1.807) is 28.5 Å². The number of hydrogen-bond acceptors (Lipinski definition) is 6. The summed E-state index contributed by atoms with van der Waals surface area (Å²) in [5, 5.41) is 4.23. The molecule has 0 aromatic carbocycles. The number of sulfonamides is 1. The maximum atomic E-state index is 12.2. The van der Waals surface area contributed by atoms with Crippen LogP contribution < -0.4 is 10.0 Å². The predicted octanol–water partition coefficient (Wildman–Crippen LogP) is 1.04. The summed E-state index contributed by atoms with van der Waals surface area (Å²) in [5.41, 5.74) is 0. The van der Waals surface area contributed by atoms with Crippen LogP contribution in [0.2, 0.25) is 0 Å². The summed E-state index contributed by atoms with van der Waals surface area (Å²) in [6.07, 6.45) is 2.45. The lowest BCUT2D eigenvalue weighted by Crippen LogP contribution is -2.48. The molecule has 10 heteroatoms. The molecule has 8 nitrogen and oxygen atoms in total. The molecule has 2 amide bonds. The summed E-state index contributed by atoms with van der Waals surface area (Å²) < 4.78 is 32.4. The van der Waals surface area contributed by atoms with Gasteiger partial charge in [-0.05, 0) is 36.4 Å². The Bertz CT molecular complexity index is 839. The van der Waals surface area contributed by atoms with Crippen molar-refractivity contribution in [2.45, 2.75) is 23.1 Å². The number of rotatable bonds is 6. The number of nitrogens with zero attached hydrogens (tertiary/aromatic N) is 1. The molecular weight excluding hydrogens is 378 g/mol. The second kappa shape index (κ2) is 8.02. The molecule has 0 spiro atoms. The Kier molecular flexibility index (Phi) is 5.74. The van der Waals surface area contributed by atoms with Crippen LogP contribution in [0, 0.1) is 0 Å². The minimum atomic E-state index is -3.50. The van der Waals surface area contributed by atoms with Crippen molar-refractivity contribution < 1.29 is 22.4 Å². The van der Waals surface area contributed by atoms with Crippen LogP contribution in [-0.2, 0) is 14.8 Å². The molecule has 1 fully saturated rings. The van der Waals surface area contributed by atoms with Gasteiger partial charge in [0.25, 0.3) is 5.91 Å². The summed E-state index contributed by atoms with van der Waals surface area (Å²) in [7, 11) is -3.50. The number of carbonyl (C=O) groups is 2. The minimum absolute atomic E-state index is 0.120. The first-order valence-electron chi connectivity index (χ1n) is 8.11. The smallest absolute Gasteiger partial charge is 0.287 e. The third-order valence-corrected chi connectivity index (χ3v) is 6.99. The Balaban J connectivity index is 1.44. The Morgan fingerprint density at radius 2 is 2.00 bits per heavy atom. The molecule has 0 unspecified atom stereocenters. The van der Waals surface area contributed by atoms with E-state index in [0.29, 0.717) is 25.9 Å². The zero-order valence-corrected chi connectivity index (χ0v) is 15.5. The SMILES string of the molecule is O=C(NCC(=O)N1CCC(NS(=O)(=O)c2cccs2)CC1)c1ccco1. The molecule has 2 N–H and O–H groups in total. The van der Waals surface area contributed by atoms with E-state index in [1.165, 1.54) is 23.7 Å². The molecule has 0 atom stereocenters. The van der Waals surface area contributed by atoms with Crippen molar-refractivity contribution in [3.05, 3.63) is 41.7 Å². The number of nitrogens with one attached hydrogen (secondary N) is 2. The summed E-state index contributed by atoms with van der Waals surface area (Å²) in [6, 6.07) is 6.16. The summed E-state index contributed by atoms with van der Waals surface area (Å²) in [6.45, 7) is 0.755. The fourth-order valence-electron chi connectivity index (χ4n) is 2.70. The number of amides is 2. The van der Waals surface area contributed by atoms with Crippen molar-refractivity contribution >= 4 is 33.2 Å². The number of thiophene rings is 1. The van der Waals surface area contributed by atoms with Crippen molar-refractivity contribution in [2.24, 2.45) is 0 Å². The molecule has 26 heavy (non-hydrogen) atoms. The number of furan rings is 1. The van der Waals surface area contributed by atoms with Gasteiger partial charge in [0.1, 0.15) is 4.21 Å². The maximum Gasteiger partial charge on any atom is 0.287 e. The third kappa shape index (κ3) is 4.51. The quantitative estimate of drug-likeness (QED) is 0.757. The predicted molar refractivity (Wildman–Crippen MR) is 95.3 cm³/mol. The van der Waals surface area contributed by atoms with Gasteiger partial charge in [0, 0.05) is 19.1 Å². The molecule has 0 aliphatic carbocycles. The average Bonchev–Trinajstić information content (AvgIpc) is 3.33. The third-order valence-electron chi connectivity index (χ3n) is 4.07. The first-order valence-corrected chi connectivity index (χ1v) is 10.5. The zero-order chi connectivity index (χ0) is 18.6. The molecule has 0 saturated carbocycles. The van der Waals surface area contributed by atoms with E-state index < -0.39 is 15.9 Å². The number of carbonyl (C=O) groups excluding carboxylic acids is 2. The van der Waals surface area contributed by atoms with Crippen LogP contribution in [0.15, 0.2) is 44.5 Å². The van der Waals surface area contributed by atoms with Gasteiger partial charge in [-0.25, -0.2) is 13.1 Å². The van der Waals surface area contributed by atoms with Crippen molar-refractivity contribution in [1.82, 2.24) is 14.9 Å². The van der Waals surface area contributed by atoms with Crippen LogP contribution in [0.5, 0.6) is 0 Å². The lowest BCUT2D eigenvalue weighted by Gasteiger charge is -2.32. The molecular formula is C16H19N3O5S2. The largest absolute Gasteiger partial charge is 0.459 e. The van der Waals surface area contributed by atoms with Gasteiger partial charge < -0.3 is 14.6 Å². The molecule has 140 valence electrons. The molecule has 1 aliphatic rings. The van der Waals surface area contributed by atoms with Crippen molar-refractivity contribution in [2.75, 3.05) is 19.6 Å². The molecule has 0 bridgehead atoms. The topological polar surface area (TPSA) is 109 Å².